The minimum atomic E-state index is -1.08. The van der Waals surface area contributed by atoms with Crippen LogP contribution in [-0.2, 0) is 25.5 Å². The Morgan fingerprint density at radius 2 is 1.89 bits per heavy atom. The highest BCUT2D eigenvalue weighted by Crippen LogP contribution is 2.23. The Balaban J connectivity index is 1.89. The van der Waals surface area contributed by atoms with Crippen LogP contribution in [0.25, 0.3) is 0 Å². The summed E-state index contributed by atoms with van der Waals surface area (Å²) >= 11 is 0. The van der Waals surface area contributed by atoms with Crippen molar-refractivity contribution in [3.8, 4) is 0 Å². The maximum atomic E-state index is 12.6. The zero-order valence-electron chi connectivity index (χ0n) is 15.8. The molecule has 1 aliphatic heterocycles. The Bertz CT molecular complexity index is 719. The van der Waals surface area contributed by atoms with Gasteiger partial charge in [-0.15, -0.1) is 0 Å². The number of imide groups is 1. The number of benzene rings is 1. The molecule has 1 atom stereocenters. The fraction of sp³-hybridized carbons (Fsp3) is 0.474. The number of esters is 1. The number of hydrogen-bond acceptors (Lipinski definition) is 5. The molecular formula is C19H25N3O5. The molecule has 1 heterocycles. The third kappa shape index (κ3) is 5.54. The summed E-state index contributed by atoms with van der Waals surface area (Å²) in [5, 5.41) is 5.23. The van der Waals surface area contributed by atoms with Crippen molar-refractivity contribution < 1.29 is 23.9 Å². The van der Waals surface area contributed by atoms with Crippen LogP contribution in [0.15, 0.2) is 30.3 Å². The summed E-state index contributed by atoms with van der Waals surface area (Å²) in [6, 6.07) is 8.90. The van der Waals surface area contributed by atoms with Crippen LogP contribution in [0, 0.1) is 0 Å². The zero-order chi connectivity index (χ0) is 20.0. The molecule has 0 bridgehead atoms. The van der Waals surface area contributed by atoms with Crippen LogP contribution in [0.2, 0.25) is 0 Å². The Labute approximate surface area is 158 Å². The first-order valence-corrected chi connectivity index (χ1v) is 8.84. The van der Waals surface area contributed by atoms with Crippen LogP contribution >= 0.6 is 0 Å². The number of urea groups is 1. The van der Waals surface area contributed by atoms with Gasteiger partial charge < -0.3 is 15.4 Å². The van der Waals surface area contributed by atoms with Crippen molar-refractivity contribution in [1.29, 1.82) is 0 Å². The molecule has 1 aromatic carbocycles. The number of nitrogens with one attached hydrogen (secondary N) is 2. The van der Waals surface area contributed by atoms with Crippen LogP contribution in [0.5, 0.6) is 0 Å². The highest BCUT2D eigenvalue weighted by molar-refractivity contribution is 6.08. The number of carbonyl (C=O) groups is 4. The fourth-order valence-electron chi connectivity index (χ4n) is 2.78. The molecule has 0 radical (unpaired) electrons. The van der Waals surface area contributed by atoms with Gasteiger partial charge in [-0.3, -0.25) is 19.3 Å². The van der Waals surface area contributed by atoms with E-state index in [-0.39, 0.29) is 6.04 Å². The predicted molar refractivity (Wildman–Crippen MR) is 97.7 cm³/mol. The summed E-state index contributed by atoms with van der Waals surface area (Å²) in [5.74, 6) is -1.74. The van der Waals surface area contributed by atoms with E-state index in [1.54, 1.807) is 20.8 Å². The molecule has 2 N–H and O–H groups in total. The standard InChI is InChI=1S/C19H25N3O5/c1-13(2)20-15(23)12-27-16(24)11-22-17(25)19(3,21-18(22)26)10-9-14-7-5-4-6-8-14/h4-8,13H,9-12H2,1-3H3,(H,20,23)(H,21,26)/t19-/m0/s1. The number of nitrogens with zero attached hydrogens (tertiary/aromatic N) is 1. The molecule has 1 aromatic rings. The summed E-state index contributed by atoms with van der Waals surface area (Å²) in [6.07, 6.45) is 1.01. The summed E-state index contributed by atoms with van der Waals surface area (Å²) in [4.78, 5) is 49.0. The normalized spacial score (nSPS) is 19.2. The van der Waals surface area contributed by atoms with E-state index in [0.29, 0.717) is 12.8 Å². The van der Waals surface area contributed by atoms with Crippen molar-refractivity contribution >= 4 is 23.8 Å². The number of amides is 4. The van der Waals surface area contributed by atoms with Crippen molar-refractivity contribution in [3.05, 3.63) is 35.9 Å². The van der Waals surface area contributed by atoms with Gasteiger partial charge in [0.05, 0.1) is 0 Å². The summed E-state index contributed by atoms with van der Waals surface area (Å²) in [5.41, 5.74) is -0.0304. The Hall–Kier alpha value is -2.90. The number of hydrogen-bond donors (Lipinski definition) is 2. The molecule has 8 nitrogen and oxygen atoms in total. The lowest BCUT2D eigenvalue weighted by Crippen LogP contribution is -2.45. The van der Waals surface area contributed by atoms with Crippen molar-refractivity contribution in [2.75, 3.05) is 13.2 Å². The molecule has 27 heavy (non-hydrogen) atoms. The van der Waals surface area contributed by atoms with Gasteiger partial charge in [0.15, 0.2) is 6.61 Å². The number of carbonyl (C=O) groups excluding carboxylic acids is 4. The lowest BCUT2D eigenvalue weighted by molar-refractivity contribution is -0.151. The highest BCUT2D eigenvalue weighted by Gasteiger charge is 2.48. The van der Waals surface area contributed by atoms with E-state index in [1.807, 2.05) is 30.3 Å². The van der Waals surface area contributed by atoms with E-state index < -0.39 is 42.5 Å². The van der Waals surface area contributed by atoms with Gasteiger partial charge in [-0.05, 0) is 39.2 Å². The van der Waals surface area contributed by atoms with E-state index in [9.17, 15) is 19.2 Å². The molecule has 1 aliphatic rings. The second-order valence-corrected chi connectivity index (χ2v) is 7.02. The van der Waals surface area contributed by atoms with Gasteiger partial charge in [0.2, 0.25) is 0 Å². The van der Waals surface area contributed by atoms with Gasteiger partial charge in [-0.1, -0.05) is 30.3 Å². The first kappa shape index (κ1) is 20.4. The van der Waals surface area contributed by atoms with E-state index in [2.05, 4.69) is 10.6 Å². The van der Waals surface area contributed by atoms with Crippen LogP contribution < -0.4 is 10.6 Å². The largest absolute Gasteiger partial charge is 0.454 e. The lowest BCUT2D eigenvalue weighted by Gasteiger charge is -2.21. The molecule has 4 amide bonds. The van der Waals surface area contributed by atoms with Crippen LogP contribution in [0.1, 0.15) is 32.8 Å². The first-order valence-electron chi connectivity index (χ1n) is 8.84. The molecule has 1 saturated heterocycles. The molecule has 1 fully saturated rings. The average molecular weight is 375 g/mol. The maximum Gasteiger partial charge on any atom is 0.326 e. The van der Waals surface area contributed by atoms with Crippen molar-refractivity contribution in [3.63, 3.8) is 0 Å². The van der Waals surface area contributed by atoms with Crippen LogP contribution in [0.3, 0.4) is 0 Å². The van der Waals surface area contributed by atoms with E-state index in [1.165, 1.54) is 0 Å². The third-order valence-electron chi connectivity index (χ3n) is 4.20. The molecule has 146 valence electrons. The minimum absolute atomic E-state index is 0.0764. The second kappa shape index (κ2) is 8.66. The van der Waals surface area contributed by atoms with Gasteiger partial charge in [0.25, 0.3) is 11.8 Å². The van der Waals surface area contributed by atoms with Crippen LogP contribution in [0.4, 0.5) is 4.79 Å². The lowest BCUT2D eigenvalue weighted by atomic mass is 9.93. The summed E-state index contributed by atoms with van der Waals surface area (Å²) in [7, 11) is 0. The van der Waals surface area contributed by atoms with Crippen molar-refractivity contribution in [2.45, 2.75) is 45.2 Å². The maximum absolute atomic E-state index is 12.6. The quantitative estimate of drug-likeness (QED) is 0.521. The Morgan fingerprint density at radius 1 is 1.22 bits per heavy atom. The number of ether oxygens (including phenoxy) is 1. The molecule has 0 saturated carbocycles. The smallest absolute Gasteiger partial charge is 0.326 e. The van der Waals surface area contributed by atoms with Crippen LogP contribution in [-0.4, -0.2) is 53.4 Å². The Kier molecular flexibility index (Phi) is 6.55. The first-order chi connectivity index (χ1) is 12.7. The van der Waals surface area contributed by atoms with Crippen molar-refractivity contribution in [1.82, 2.24) is 15.5 Å². The number of aryl methyl sites for hydroxylation is 1. The molecule has 2 rings (SSSR count). The number of rotatable bonds is 8. The predicted octanol–water partition coefficient (Wildman–Crippen LogP) is 0.998. The van der Waals surface area contributed by atoms with Crippen molar-refractivity contribution in [2.24, 2.45) is 0 Å². The molecule has 8 heteroatoms. The minimum Gasteiger partial charge on any atom is -0.454 e. The average Bonchev–Trinajstić information content (AvgIpc) is 2.82. The fourth-order valence-corrected chi connectivity index (χ4v) is 2.78. The molecule has 0 spiro atoms. The molecule has 0 unspecified atom stereocenters. The molecular weight excluding hydrogens is 350 g/mol. The zero-order valence-corrected chi connectivity index (χ0v) is 15.8. The monoisotopic (exact) mass is 375 g/mol. The van der Waals surface area contributed by atoms with E-state index in [0.717, 1.165) is 10.5 Å². The topological polar surface area (TPSA) is 105 Å². The molecule has 0 aromatic heterocycles. The second-order valence-electron chi connectivity index (χ2n) is 7.02. The van der Waals surface area contributed by atoms with Gasteiger partial charge in [-0.2, -0.15) is 0 Å². The van der Waals surface area contributed by atoms with Gasteiger partial charge in [0.1, 0.15) is 12.1 Å². The summed E-state index contributed by atoms with van der Waals surface area (Å²) in [6.45, 7) is 4.22. The van der Waals surface area contributed by atoms with Gasteiger partial charge >= 0.3 is 12.0 Å². The van der Waals surface area contributed by atoms with Gasteiger partial charge in [-0.25, -0.2) is 4.79 Å². The van der Waals surface area contributed by atoms with Gasteiger partial charge in [0, 0.05) is 6.04 Å². The van der Waals surface area contributed by atoms with E-state index >= 15 is 0 Å². The third-order valence-corrected chi connectivity index (χ3v) is 4.20. The molecule has 0 aliphatic carbocycles. The van der Waals surface area contributed by atoms with E-state index in [4.69, 9.17) is 4.74 Å². The summed E-state index contributed by atoms with van der Waals surface area (Å²) < 4.78 is 4.84. The SMILES string of the molecule is CC(C)NC(=O)COC(=O)CN1C(=O)N[C@@](C)(CCc2ccccc2)C1=O. The highest BCUT2D eigenvalue weighted by atomic mass is 16.5. The Morgan fingerprint density at radius 3 is 2.52 bits per heavy atom.